The van der Waals surface area contributed by atoms with E-state index in [0.717, 1.165) is 25.2 Å². The van der Waals surface area contributed by atoms with E-state index < -0.39 is 0 Å². The van der Waals surface area contributed by atoms with Crippen LogP contribution >= 0.6 is 0 Å². The summed E-state index contributed by atoms with van der Waals surface area (Å²) in [5, 5.41) is 4.27. The van der Waals surface area contributed by atoms with Gasteiger partial charge in [-0.1, -0.05) is 33.6 Å². The predicted octanol–water partition coefficient (Wildman–Crippen LogP) is 2.77. The first-order valence-electron chi connectivity index (χ1n) is 7.52. The average molecular weight is 264 g/mol. The van der Waals surface area contributed by atoms with Gasteiger partial charge in [0.1, 0.15) is 12.2 Å². The largest absolute Gasteiger partial charge is 0.324 e. The van der Waals surface area contributed by atoms with Gasteiger partial charge in [0.2, 0.25) is 0 Å². The number of aromatic nitrogens is 3. The standard InChI is InChI=1S/C15H28N4/c1-5-19-13(17-11-18-19)10-15(16)9-7-6-8-12(15)14(2,3)4/h11-12H,5-10,16H2,1-4H3. The lowest BCUT2D eigenvalue weighted by Crippen LogP contribution is -2.55. The fourth-order valence-corrected chi connectivity index (χ4v) is 3.75. The molecule has 0 radical (unpaired) electrons. The molecule has 1 aliphatic rings. The SMILES string of the molecule is CCn1ncnc1CC1(N)CCCCC1C(C)(C)C. The Labute approximate surface area is 116 Å². The molecule has 2 unspecified atom stereocenters. The van der Waals surface area contributed by atoms with Crippen molar-refractivity contribution in [1.29, 1.82) is 0 Å². The fraction of sp³-hybridized carbons (Fsp3) is 0.867. The van der Waals surface area contributed by atoms with Gasteiger partial charge < -0.3 is 5.73 Å². The Balaban J connectivity index is 2.23. The number of rotatable bonds is 3. The Morgan fingerprint density at radius 1 is 1.42 bits per heavy atom. The van der Waals surface area contributed by atoms with E-state index in [2.05, 4.69) is 37.8 Å². The molecule has 1 aromatic heterocycles. The average Bonchev–Trinajstić information content (AvgIpc) is 2.74. The Hall–Kier alpha value is -0.900. The van der Waals surface area contributed by atoms with Crippen molar-refractivity contribution in [2.75, 3.05) is 0 Å². The molecule has 2 rings (SSSR count). The van der Waals surface area contributed by atoms with Gasteiger partial charge in [0.25, 0.3) is 0 Å². The highest BCUT2D eigenvalue weighted by atomic mass is 15.3. The molecule has 1 saturated carbocycles. The van der Waals surface area contributed by atoms with Gasteiger partial charge in [-0.05, 0) is 31.1 Å². The van der Waals surface area contributed by atoms with Crippen molar-refractivity contribution < 1.29 is 0 Å². The summed E-state index contributed by atoms with van der Waals surface area (Å²) < 4.78 is 1.98. The molecule has 0 aromatic carbocycles. The lowest BCUT2D eigenvalue weighted by atomic mass is 9.61. The van der Waals surface area contributed by atoms with E-state index in [9.17, 15) is 0 Å². The van der Waals surface area contributed by atoms with Crippen LogP contribution in [-0.2, 0) is 13.0 Å². The van der Waals surface area contributed by atoms with E-state index in [1.165, 1.54) is 19.3 Å². The molecule has 0 spiro atoms. The quantitative estimate of drug-likeness (QED) is 0.913. The molecule has 1 aromatic rings. The second-order valence-electron chi connectivity index (χ2n) is 7.07. The summed E-state index contributed by atoms with van der Waals surface area (Å²) in [5.74, 6) is 1.59. The molecule has 2 atom stereocenters. The van der Waals surface area contributed by atoms with Crippen LogP contribution in [0.4, 0.5) is 0 Å². The number of nitrogens with zero attached hydrogens (tertiary/aromatic N) is 3. The first-order chi connectivity index (χ1) is 8.87. The van der Waals surface area contributed by atoms with Crippen LogP contribution in [0.1, 0.15) is 59.2 Å². The van der Waals surface area contributed by atoms with Gasteiger partial charge >= 0.3 is 0 Å². The van der Waals surface area contributed by atoms with Crippen LogP contribution in [0.3, 0.4) is 0 Å². The maximum atomic E-state index is 6.82. The van der Waals surface area contributed by atoms with E-state index in [1.54, 1.807) is 6.33 Å². The number of hydrogen-bond donors (Lipinski definition) is 1. The van der Waals surface area contributed by atoms with Crippen LogP contribution in [0.5, 0.6) is 0 Å². The Morgan fingerprint density at radius 3 is 2.79 bits per heavy atom. The third-order valence-corrected chi connectivity index (χ3v) is 4.61. The number of hydrogen-bond acceptors (Lipinski definition) is 3. The van der Waals surface area contributed by atoms with E-state index in [-0.39, 0.29) is 11.0 Å². The Kier molecular flexibility index (Phi) is 4.00. The third kappa shape index (κ3) is 2.99. The van der Waals surface area contributed by atoms with Crippen LogP contribution in [-0.4, -0.2) is 20.3 Å². The molecule has 1 heterocycles. The summed E-state index contributed by atoms with van der Waals surface area (Å²) in [5.41, 5.74) is 6.95. The maximum Gasteiger partial charge on any atom is 0.138 e. The Bertz CT molecular complexity index is 418. The molecular formula is C15H28N4. The highest BCUT2D eigenvalue weighted by Crippen LogP contribution is 2.44. The van der Waals surface area contributed by atoms with Gasteiger partial charge in [0.15, 0.2) is 0 Å². The highest BCUT2D eigenvalue weighted by molar-refractivity contribution is 5.05. The minimum Gasteiger partial charge on any atom is -0.324 e. The van der Waals surface area contributed by atoms with Crippen LogP contribution in [0.25, 0.3) is 0 Å². The minimum absolute atomic E-state index is 0.129. The van der Waals surface area contributed by atoms with Crippen molar-refractivity contribution in [1.82, 2.24) is 14.8 Å². The summed E-state index contributed by atoms with van der Waals surface area (Å²) in [6.45, 7) is 9.91. The predicted molar refractivity (Wildman–Crippen MR) is 77.7 cm³/mol. The smallest absolute Gasteiger partial charge is 0.138 e. The minimum atomic E-state index is -0.129. The van der Waals surface area contributed by atoms with Crippen LogP contribution in [0.15, 0.2) is 6.33 Å². The number of nitrogens with two attached hydrogens (primary N) is 1. The summed E-state index contributed by atoms with van der Waals surface area (Å²) in [4.78, 5) is 4.41. The zero-order chi connectivity index (χ0) is 14.1. The fourth-order valence-electron chi connectivity index (χ4n) is 3.75. The summed E-state index contributed by atoms with van der Waals surface area (Å²) >= 11 is 0. The van der Waals surface area contributed by atoms with Gasteiger partial charge in [-0.15, -0.1) is 0 Å². The summed E-state index contributed by atoms with van der Waals surface area (Å²) in [6.07, 6.45) is 7.39. The van der Waals surface area contributed by atoms with Gasteiger partial charge in [-0.25, -0.2) is 4.98 Å². The first-order valence-corrected chi connectivity index (χ1v) is 7.52. The molecule has 0 bridgehead atoms. The van der Waals surface area contributed by atoms with Crippen LogP contribution < -0.4 is 5.73 Å². The van der Waals surface area contributed by atoms with Gasteiger partial charge in [-0.3, -0.25) is 4.68 Å². The second kappa shape index (κ2) is 5.23. The van der Waals surface area contributed by atoms with Crippen LogP contribution in [0.2, 0.25) is 0 Å². The maximum absolute atomic E-state index is 6.82. The van der Waals surface area contributed by atoms with Gasteiger partial charge in [-0.2, -0.15) is 5.10 Å². The molecule has 2 N–H and O–H groups in total. The normalized spacial score (nSPS) is 28.6. The zero-order valence-corrected chi connectivity index (χ0v) is 12.8. The highest BCUT2D eigenvalue weighted by Gasteiger charge is 2.44. The lowest BCUT2D eigenvalue weighted by molar-refractivity contribution is 0.0771. The molecule has 0 aliphatic heterocycles. The molecule has 4 nitrogen and oxygen atoms in total. The van der Waals surface area contributed by atoms with Crippen molar-refractivity contribution in [3.8, 4) is 0 Å². The first kappa shape index (κ1) is 14.5. The molecule has 1 aliphatic carbocycles. The van der Waals surface area contributed by atoms with Crippen molar-refractivity contribution in [2.45, 2.75) is 71.9 Å². The monoisotopic (exact) mass is 264 g/mol. The topological polar surface area (TPSA) is 56.7 Å². The molecule has 19 heavy (non-hydrogen) atoms. The van der Waals surface area contributed by atoms with Crippen LogP contribution in [0, 0.1) is 11.3 Å². The third-order valence-electron chi connectivity index (χ3n) is 4.61. The van der Waals surface area contributed by atoms with Gasteiger partial charge in [0.05, 0.1) is 0 Å². The van der Waals surface area contributed by atoms with E-state index >= 15 is 0 Å². The van der Waals surface area contributed by atoms with Crippen molar-refractivity contribution in [3.05, 3.63) is 12.2 Å². The molecular weight excluding hydrogens is 236 g/mol. The van der Waals surface area contributed by atoms with E-state index in [0.29, 0.717) is 5.92 Å². The van der Waals surface area contributed by atoms with Gasteiger partial charge in [0, 0.05) is 18.5 Å². The van der Waals surface area contributed by atoms with E-state index in [1.807, 2.05) is 4.68 Å². The molecule has 1 fully saturated rings. The summed E-state index contributed by atoms with van der Waals surface area (Å²) in [6, 6.07) is 0. The van der Waals surface area contributed by atoms with Crippen molar-refractivity contribution in [3.63, 3.8) is 0 Å². The molecule has 0 amide bonds. The number of aryl methyl sites for hydroxylation is 1. The van der Waals surface area contributed by atoms with Crippen molar-refractivity contribution in [2.24, 2.45) is 17.1 Å². The zero-order valence-electron chi connectivity index (χ0n) is 12.8. The molecule has 108 valence electrons. The summed E-state index contributed by atoms with van der Waals surface area (Å²) in [7, 11) is 0. The Morgan fingerprint density at radius 2 is 2.16 bits per heavy atom. The molecule has 0 saturated heterocycles. The molecule has 4 heteroatoms. The second-order valence-corrected chi connectivity index (χ2v) is 7.07. The van der Waals surface area contributed by atoms with E-state index in [4.69, 9.17) is 5.73 Å². The van der Waals surface area contributed by atoms with Crippen molar-refractivity contribution >= 4 is 0 Å². The lowest BCUT2D eigenvalue weighted by Gasteiger charge is -2.48.